The van der Waals surface area contributed by atoms with Crippen molar-refractivity contribution in [1.82, 2.24) is 10.3 Å². The van der Waals surface area contributed by atoms with Gasteiger partial charge in [0.15, 0.2) is 0 Å². The summed E-state index contributed by atoms with van der Waals surface area (Å²) >= 11 is 5.80. The van der Waals surface area contributed by atoms with Crippen molar-refractivity contribution in [3.05, 3.63) is 42.1 Å². The molecule has 2 rings (SSSR count). The quantitative estimate of drug-likeness (QED) is 0.855. The van der Waals surface area contributed by atoms with Gasteiger partial charge in [-0.15, -0.1) is 11.6 Å². The van der Waals surface area contributed by atoms with Crippen molar-refractivity contribution >= 4 is 28.4 Å². The van der Waals surface area contributed by atoms with Crippen molar-refractivity contribution < 1.29 is 4.79 Å². The largest absolute Gasteiger partial charge is 0.349 e. The maximum absolute atomic E-state index is 12.5. The third-order valence-corrected chi connectivity index (χ3v) is 3.65. The first-order valence-electron chi connectivity index (χ1n) is 6.84. The van der Waals surface area contributed by atoms with E-state index < -0.39 is 0 Å². The van der Waals surface area contributed by atoms with E-state index in [1.165, 1.54) is 0 Å². The molecule has 0 spiro atoms. The van der Waals surface area contributed by atoms with E-state index >= 15 is 0 Å². The Kier molecular flexibility index (Phi) is 4.96. The summed E-state index contributed by atoms with van der Waals surface area (Å²) in [7, 11) is 0. The average molecular weight is 291 g/mol. The molecular weight excluding hydrogens is 272 g/mol. The minimum absolute atomic E-state index is 0.0626. The maximum Gasteiger partial charge on any atom is 0.252 e. The summed E-state index contributed by atoms with van der Waals surface area (Å²) in [6.45, 7) is 4.17. The smallest absolute Gasteiger partial charge is 0.252 e. The van der Waals surface area contributed by atoms with Gasteiger partial charge in [-0.3, -0.25) is 9.78 Å². The van der Waals surface area contributed by atoms with Gasteiger partial charge in [-0.25, -0.2) is 0 Å². The Bertz CT molecular complexity index is 593. The second-order valence-corrected chi connectivity index (χ2v) is 5.56. The lowest BCUT2D eigenvalue weighted by Gasteiger charge is -2.21. The van der Waals surface area contributed by atoms with Crippen LogP contribution in [0.2, 0.25) is 0 Å². The Labute approximate surface area is 124 Å². The Morgan fingerprint density at radius 3 is 2.75 bits per heavy atom. The minimum atomic E-state index is -0.0626. The van der Waals surface area contributed by atoms with Crippen molar-refractivity contribution in [2.45, 2.75) is 26.3 Å². The predicted octanol–water partition coefficient (Wildman–Crippen LogP) is 3.62. The number of nitrogens with one attached hydrogen (secondary N) is 1. The molecule has 1 aromatic heterocycles. The first kappa shape index (κ1) is 14.8. The summed E-state index contributed by atoms with van der Waals surface area (Å²) < 4.78 is 0. The standard InChI is InChI=1S/C16H19ClN2O/c1-11(2)14(7-9-17)19-16(20)13-8-10-18-15-6-4-3-5-12(13)15/h3-6,8,10-11,14H,7,9H2,1-2H3,(H,19,20). The molecule has 0 aliphatic heterocycles. The van der Waals surface area contributed by atoms with Crippen LogP contribution >= 0.6 is 11.6 Å². The van der Waals surface area contributed by atoms with Crippen LogP contribution in [0.4, 0.5) is 0 Å². The van der Waals surface area contributed by atoms with Crippen LogP contribution in [0.3, 0.4) is 0 Å². The molecule has 1 amide bonds. The number of hydrogen-bond acceptors (Lipinski definition) is 2. The summed E-state index contributed by atoms with van der Waals surface area (Å²) in [4.78, 5) is 16.7. The van der Waals surface area contributed by atoms with Crippen LogP contribution < -0.4 is 5.32 Å². The molecule has 106 valence electrons. The number of halogens is 1. The molecule has 1 N–H and O–H groups in total. The average Bonchev–Trinajstić information content (AvgIpc) is 2.46. The van der Waals surface area contributed by atoms with Crippen molar-refractivity contribution in [3.8, 4) is 0 Å². The van der Waals surface area contributed by atoms with E-state index in [4.69, 9.17) is 11.6 Å². The molecule has 3 nitrogen and oxygen atoms in total. The number of carbonyl (C=O) groups excluding carboxylic acids is 1. The number of amides is 1. The zero-order chi connectivity index (χ0) is 14.5. The number of carbonyl (C=O) groups is 1. The Morgan fingerprint density at radius 1 is 1.30 bits per heavy atom. The van der Waals surface area contributed by atoms with Gasteiger partial charge in [0.25, 0.3) is 5.91 Å². The highest BCUT2D eigenvalue weighted by Gasteiger charge is 2.18. The third-order valence-electron chi connectivity index (χ3n) is 3.44. The number of para-hydroxylation sites is 1. The first-order chi connectivity index (χ1) is 9.63. The van der Waals surface area contributed by atoms with Gasteiger partial charge in [-0.05, 0) is 24.5 Å². The Hall–Kier alpha value is -1.61. The molecule has 1 atom stereocenters. The van der Waals surface area contributed by atoms with E-state index in [2.05, 4.69) is 24.1 Å². The number of fused-ring (bicyclic) bond motifs is 1. The molecule has 0 aliphatic rings. The van der Waals surface area contributed by atoms with Crippen molar-refractivity contribution in [2.24, 2.45) is 5.92 Å². The molecule has 1 aromatic carbocycles. The number of pyridine rings is 1. The molecule has 1 heterocycles. The Balaban J connectivity index is 2.27. The van der Waals surface area contributed by atoms with Crippen molar-refractivity contribution in [2.75, 3.05) is 5.88 Å². The zero-order valence-electron chi connectivity index (χ0n) is 11.8. The highest BCUT2D eigenvalue weighted by atomic mass is 35.5. The highest BCUT2D eigenvalue weighted by Crippen LogP contribution is 2.17. The fraction of sp³-hybridized carbons (Fsp3) is 0.375. The molecule has 0 aliphatic carbocycles. The molecule has 4 heteroatoms. The number of alkyl halides is 1. The summed E-state index contributed by atoms with van der Waals surface area (Å²) in [5, 5.41) is 3.95. The van der Waals surface area contributed by atoms with Crippen molar-refractivity contribution in [3.63, 3.8) is 0 Å². The monoisotopic (exact) mass is 290 g/mol. The molecule has 20 heavy (non-hydrogen) atoms. The van der Waals surface area contributed by atoms with E-state index in [0.717, 1.165) is 17.3 Å². The lowest BCUT2D eigenvalue weighted by molar-refractivity contribution is 0.0926. The molecule has 2 aromatic rings. The van der Waals surface area contributed by atoms with Gasteiger partial charge >= 0.3 is 0 Å². The zero-order valence-corrected chi connectivity index (χ0v) is 12.5. The second-order valence-electron chi connectivity index (χ2n) is 5.18. The molecule has 0 radical (unpaired) electrons. The van der Waals surface area contributed by atoms with Crippen LogP contribution in [-0.2, 0) is 0 Å². The number of nitrogens with zero attached hydrogens (tertiary/aromatic N) is 1. The molecule has 0 fully saturated rings. The summed E-state index contributed by atoms with van der Waals surface area (Å²) in [5.41, 5.74) is 1.49. The third kappa shape index (κ3) is 3.28. The SMILES string of the molecule is CC(C)C(CCCl)NC(=O)c1ccnc2ccccc12. The topological polar surface area (TPSA) is 42.0 Å². The van der Waals surface area contributed by atoms with Gasteiger partial charge in [-0.1, -0.05) is 32.0 Å². The fourth-order valence-electron chi connectivity index (χ4n) is 2.23. The number of hydrogen-bond donors (Lipinski definition) is 1. The minimum Gasteiger partial charge on any atom is -0.349 e. The lowest BCUT2D eigenvalue weighted by atomic mass is 10.0. The van der Waals surface area contributed by atoms with Gasteiger partial charge in [0.1, 0.15) is 0 Å². The summed E-state index contributed by atoms with van der Waals surface area (Å²) in [5.74, 6) is 0.832. The van der Waals surface area contributed by atoms with Crippen LogP contribution in [0, 0.1) is 5.92 Å². The molecule has 0 saturated heterocycles. The predicted molar refractivity (Wildman–Crippen MR) is 83.2 cm³/mol. The number of aromatic nitrogens is 1. The van der Waals surface area contributed by atoms with E-state index in [-0.39, 0.29) is 11.9 Å². The van der Waals surface area contributed by atoms with Gasteiger partial charge in [0, 0.05) is 23.5 Å². The van der Waals surface area contributed by atoms with E-state index in [0.29, 0.717) is 17.4 Å². The van der Waals surface area contributed by atoms with Gasteiger partial charge in [-0.2, -0.15) is 0 Å². The molecule has 0 saturated carbocycles. The lowest BCUT2D eigenvalue weighted by Crippen LogP contribution is -2.39. The Morgan fingerprint density at radius 2 is 2.05 bits per heavy atom. The van der Waals surface area contributed by atoms with Crippen LogP contribution in [0.25, 0.3) is 10.9 Å². The van der Waals surface area contributed by atoms with Crippen LogP contribution in [0.5, 0.6) is 0 Å². The molecule has 1 unspecified atom stereocenters. The van der Waals surface area contributed by atoms with Crippen molar-refractivity contribution in [1.29, 1.82) is 0 Å². The van der Waals surface area contributed by atoms with E-state index in [1.54, 1.807) is 12.3 Å². The maximum atomic E-state index is 12.5. The van der Waals surface area contributed by atoms with Gasteiger partial charge < -0.3 is 5.32 Å². The van der Waals surface area contributed by atoms with Gasteiger partial charge in [0.05, 0.1) is 11.1 Å². The van der Waals surface area contributed by atoms with Crippen LogP contribution in [0.15, 0.2) is 36.5 Å². The molecule has 0 bridgehead atoms. The van der Waals surface area contributed by atoms with E-state index in [1.807, 2.05) is 24.3 Å². The molecular formula is C16H19ClN2O. The summed E-state index contributed by atoms with van der Waals surface area (Å²) in [6.07, 6.45) is 2.44. The highest BCUT2D eigenvalue weighted by molar-refractivity contribution is 6.17. The fourth-order valence-corrected chi connectivity index (χ4v) is 2.46. The normalized spacial score (nSPS) is 12.6. The number of benzene rings is 1. The number of rotatable bonds is 5. The van der Waals surface area contributed by atoms with Crippen LogP contribution in [-0.4, -0.2) is 22.8 Å². The van der Waals surface area contributed by atoms with Gasteiger partial charge in [0.2, 0.25) is 0 Å². The first-order valence-corrected chi connectivity index (χ1v) is 7.37. The summed E-state index contributed by atoms with van der Waals surface area (Å²) in [6, 6.07) is 9.51. The van der Waals surface area contributed by atoms with Crippen LogP contribution in [0.1, 0.15) is 30.6 Å². The van der Waals surface area contributed by atoms with E-state index in [9.17, 15) is 4.79 Å². The second kappa shape index (κ2) is 6.71.